The van der Waals surface area contributed by atoms with Crippen LogP contribution in [0.25, 0.3) is 5.52 Å². The number of nitrogens with zero attached hydrogens (tertiary/aromatic N) is 3. The molecule has 2 aromatic heterocycles. The van der Waals surface area contributed by atoms with Crippen molar-refractivity contribution in [2.45, 2.75) is 63.8 Å². The second-order valence-corrected chi connectivity index (χ2v) is 12.0. The lowest BCUT2D eigenvalue weighted by Gasteiger charge is -2.33. The van der Waals surface area contributed by atoms with Gasteiger partial charge in [0.1, 0.15) is 28.5 Å². The van der Waals surface area contributed by atoms with Crippen LogP contribution in [0.5, 0.6) is 5.75 Å². The van der Waals surface area contributed by atoms with E-state index in [9.17, 15) is 9.90 Å². The molecule has 1 amide bonds. The molecule has 0 unspecified atom stereocenters. The SMILES string of the molecule is Cc1nc([C@@](C)([SiH3])c2cc(Cl)c(F)c(C(=O)N[C@H]3C[C@@H](O)C3)c2OC(C)C)n2ccnc(N)c12. The highest BCUT2D eigenvalue weighted by molar-refractivity contribution is 6.31. The number of ether oxygens (including phenoxy) is 1. The predicted octanol–water partition coefficient (Wildman–Crippen LogP) is 2.08. The molecule has 0 aliphatic heterocycles. The van der Waals surface area contributed by atoms with Crippen molar-refractivity contribution < 1.29 is 19.0 Å². The lowest BCUT2D eigenvalue weighted by molar-refractivity contribution is 0.0559. The fraction of sp³-hybridized carbons (Fsp3) is 0.435. The Hall–Kier alpha value is -2.69. The van der Waals surface area contributed by atoms with Gasteiger partial charge < -0.3 is 20.9 Å². The van der Waals surface area contributed by atoms with Gasteiger partial charge in [0.2, 0.25) is 0 Å². The average molecular weight is 506 g/mol. The van der Waals surface area contributed by atoms with Crippen LogP contribution in [0.1, 0.15) is 61.1 Å². The lowest BCUT2D eigenvalue weighted by Crippen LogP contribution is -2.47. The Morgan fingerprint density at radius 3 is 2.76 bits per heavy atom. The summed E-state index contributed by atoms with van der Waals surface area (Å²) >= 11 is 6.33. The Balaban J connectivity index is 1.91. The third-order valence-electron chi connectivity index (χ3n) is 6.19. The number of aryl methyl sites for hydroxylation is 1. The first-order valence-corrected chi connectivity index (χ1v) is 12.6. The third-order valence-corrected chi connectivity index (χ3v) is 7.45. The van der Waals surface area contributed by atoms with E-state index in [-0.39, 0.29) is 28.5 Å². The number of rotatable bonds is 6. The van der Waals surface area contributed by atoms with Crippen molar-refractivity contribution in [3.63, 3.8) is 0 Å². The first-order valence-electron chi connectivity index (χ1n) is 11.2. The van der Waals surface area contributed by atoms with E-state index in [4.69, 9.17) is 27.1 Å². The van der Waals surface area contributed by atoms with Crippen LogP contribution in [-0.4, -0.2) is 53.9 Å². The van der Waals surface area contributed by atoms with Gasteiger partial charge in [-0.15, -0.1) is 0 Å². The van der Waals surface area contributed by atoms with Gasteiger partial charge in [0.05, 0.1) is 22.9 Å². The van der Waals surface area contributed by atoms with Gasteiger partial charge in [-0.05, 0) is 39.7 Å². The molecule has 8 nitrogen and oxygen atoms in total. The molecule has 0 bridgehead atoms. The fourth-order valence-corrected chi connectivity index (χ4v) is 5.33. The predicted molar refractivity (Wildman–Crippen MR) is 132 cm³/mol. The summed E-state index contributed by atoms with van der Waals surface area (Å²) in [5, 5.41) is 11.5. The molecular weight excluding hydrogens is 477 g/mol. The maximum atomic E-state index is 15.3. The number of amides is 1. The summed E-state index contributed by atoms with van der Waals surface area (Å²) in [5.74, 6) is -0.291. The zero-order valence-corrected chi connectivity index (χ0v) is 22.6. The smallest absolute Gasteiger partial charge is 0.258 e. The number of halogens is 2. The Morgan fingerprint density at radius 2 is 2.15 bits per heavy atom. The Kier molecular flexibility index (Phi) is 6.34. The molecule has 1 aliphatic rings. The van der Waals surface area contributed by atoms with E-state index in [0.717, 1.165) is 0 Å². The summed E-state index contributed by atoms with van der Waals surface area (Å²) in [6.07, 6.45) is 3.44. The summed E-state index contributed by atoms with van der Waals surface area (Å²) < 4.78 is 23.3. The molecule has 2 heterocycles. The van der Waals surface area contributed by atoms with E-state index < -0.39 is 22.9 Å². The van der Waals surface area contributed by atoms with E-state index >= 15 is 4.39 Å². The molecule has 3 aromatic rings. The molecule has 1 aromatic carbocycles. The van der Waals surface area contributed by atoms with Crippen LogP contribution >= 0.6 is 11.6 Å². The molecule has 0 spiro atoms. The van der Waals surface area contributed by atoms with Crippen molar-refractivity contribution in [2.24, 2.45) is 0 Å². The first-order chi connectivity index (χ1) is 15.9. The second kappa shape index (κ2) is 8.83. The number of aromatic nitrogens is 3. The van der Waals surface area contributed by atoms with E-state index in [2.05, 4.69) is 10.3 Å². The summed E-state index contributed by atoms with van der Waals surface area (Å²) in [7, 11) is 0.530. The van der Waals surface area contributed by atoms with E-state index in [1.807, 2.05) is 32.1 Å². The highest BCUT2D eigenvalue weighted by Gasteiger charge is 2.38. The molecule has 4 N–H and O–H groups in total. The molecule has 1 fully saturated rings. The van der Waals surface area contributed by atoms with Crippen LogP contribution in [0, 0.1) is 12.7 Å². The van der Waals surface area contributed by atoms with E-state index in [0.29, 0.717) is 51.5 Å². The van der Waals surface area contributed by atoms with Crippen molar-refractivity contribution >= 4 is 39.1 Å². The number of imidazole rings is 1. The van der Waals surface area contributed by atoms with Gasteiger partial charge in [-0.3, -0.25) is 9.20 Å². The van der Waals surface area contributed by atoms with Crippen LogP contribution < -0.4 is 15.8 Å². The maximum Gasteiger partial charge on any atom is 0.258 e. The molecule has 11 heteroatoms. The topological polar surface area (TPSA) is 115 Å². The average Bonchev–Trinajstić information content (AvgIpc) is 3.07. The summed E-state index contributed by atoms with van der Waals surface area (Å²) in [5.41, 5.74) is 7.84. The number of hydrogen-bond donors (Lipinski definition) is 3. The van der Waals surface area contributed by atoms with E-state index in [1.165, 1.54) is 6.07 Å². The number of aliphatic hydroxyl groups excluding tert-OH is 1. The number of anilines is 1. The number of nitrogen functional groups attached to an aromatic ring is 1. The number of benzene rings is 1. The molecular formula is C23H29ClFN5O3Si. The largest absolute Gasteiger partial charge is 0.490 e. The molecule has 34 heavy (non-hydrogen) atoms. The zero-order chi connectivity index (χ0) is 24.9. The van der Waals surface area contributed by atoms with Gasteiger partial charge in [-0.2, -0.15) is 0 Å². The number of hydrogen-bond acceptors (Lipinski definition) is 6. The van der Waals surface area contributed by atoms with E-state index in [1.54, 1.807) is 12.4 Å². The van der Waals surface area contributed by atoms with Crippen molar-refractivity contribution in [3.8, 4) is 5.75 Å². The Labute approximate surface area is 205 Å². The van der Waals surface area contributed by atoms with Crippen LogP contribution in [0.3, 0.4) is 0 Å². The molecule has 0 radical (unpaired) electrons. The number of carbonyl (C=O) groups excluding carboxylic acids is 1. The van der Waals surface area contributed by atoms with Crippen molar-refractivity contribution in [2.75, 3.05) is 5.73 Å². The van der Waals surface area contributed by atoms with Crippen LogP contribution in [0.4, 0.5) is 10.2 Å². The van der Waals surface area contributed by atoms with Gasteiger partial charge >= 0.3 is 0 Å². The molecule has 1 aliphatic carbocycles. The second-order valence-electron chi connectivity index (χ2n) is 9.56. The van der Waals surface area contributed by atoms with Gasteiger partial charge in [0, 0.05) is 39.3 Å². The Morgan fingerprint density at radius 1 is 1.47 bits per heavy atom. The van der Waals surface area contributed by atoms with Gasteiger partial charge in [0.15, 0.2) is 5.82 Å². The first kappa shape index (κ1) is 24.4. The summed E-state index contributed by atoms with van der Waals surface area (Å²) in [6.45, 7) is 7.44. The maximum absolute atomic E-state index is 15.3. The summed E-state index contributed by atoms with van der Waals surface area (Å²) in [6, 6.07) is 1.29. The lowest BCUT2D eigenvalue weighted by atomic mass is 9.89. The van der Waals surface area contributed by atoms with Crippen molar-refractivity contribution in [1.82, 2.24) is 19.7 Å². The molecule has 1 saturated carbocycles. The molecule has 4 rings (SSSR count). The third kappa shape index (κ3) is 4.14. The fourth-order valence-electron chi connectivity index (χ4n) is 4.40. The molecule has 1 atom stereocenters. The minimum atomic E-state index is -0.839. The molecule has 182 valence electrons. The van der Waals surface area contributed by atoms with Gasteiger partial charge in [-0.25, -0.2) is 14.4 Å². The van der Waals surface area contributed by atoms with Crippen LogP contribution in [-0.2, 0) is 5.04 Å². The normalized spacial score (nSPS) is 19.8. The minimum absolute atomic E-state index is 0.142. The monoisotopic (exact) mass is 505 g/mol. The molecule has 0 saturated heterocycles. The van der Waals surface area contributed by atoms with Gasteiger partial charge in [0.25, 0.3) is 5.91 Å². The number of nitrogens with two attached hydrogens (primary N) is 1. The quantitative estimate of drug-likeness (QED) is 0.442. The summed E-state index contributed by atoms with van der Waals surface area (Å²) in [4.78, 5) is 22.1. The number of fused-ring (bicyclic) bond motifs is 1. The number of aliphatic hydroxyl groups is 1. The highest BCUT2D eigenvalue weighted by atomic mass is 35.5. The van der Waals surface area contributed by atoms with Crippen molar-refractivity contribution in [3.05, 3.63) is 51.9 Å². The minimum Gasteiger partial charge on any atom is -0.490 e. The van der Waals surface area contributed by atoms with Gasteiger partial charge in [-0.1, -0.05) is 18.5 Å². The Bertz CT molecular complexity index is 1270. The number of nitrogens with one attached hydrogen (secondary N) is 1. The zero-order valence-electron chi connectivity index (χ0n) is 19.8. The number of carbonyl (C=O) groups is 1. The standard InChI is InChI=1S/C23H29ClFN5O3Si/c1-10(2)33-19-14(9-15(24)17(25)16(19)21(32)29-12-7-13(31)8-12)23(4,34)22-28-11(3)18-20(26)27-5-6-30(18)22/h5-6,9-10,12-13,31H,7-8H2,1-4,34H3,(H2,26,27)(H,29,32)/t12-,13+,23-/m0/s1. The van der Waals surface area contributed by atoms with Crippen LogP contribution in [0.15, 0.2) is 18.5 Å². The van der Waals surface area contributed by atoms with Crippen LogP contribution in [0.2, 0.25) is 5.02 Å². The van der Waals surface area contributed by atoms with Crippen molar-refractivity contribution in [1.29, 1.82) is 0 Å². The highest BCUT2D eigenvalue weighted by Crippen LogP contribution is 2.42.